The van der Waals surface area contributed by atoms with Gasteiger partial charge in [-0.3, -0.25) is 4.79 Å². The first-order valence-electron chi connectivity index (χ1n) is 5.38. The van der Waals surface area contributed by atoms with Gasteiger partial charge >= 0.3 is 5.97 Å². The summed E-state index contributed by atoms with van der Waals surface area (Å²) in [5.41, 5.74) is 6.53. The van der Waals surface area contributed by atoms with Crippen molar-refractivity contribution in [1.82, 2.24) is 0 Å². The zero-order valence-electron chi connectivity index (χ0n) is 10.5. The van der Waals surface area contributed by atoms with Gasteiger partial charge in [-0.2, -0.15) is 0 Å². The summed E-state index contributed by atoms with van der Waals surface area (Å²) in [6.45, 7) is 1.26. The van der Waals surface area contributed by atoms with Gasteiger partial charge in [0.05, 0.1) is 17.2 Å². The van der Waals surface area contributed by atoms with Crippen LogP contribution in [0, 0.1) is 0 Å². The zero-order chi connectivity index (χ0) is 14.6. The standard InChI is InChI=1S/C13H13Cl2NO3/c1-7(17)12(13(18)19-2)11(16)6-8-3-4-9(14)10(15)5-8/h3-5H,6,16H2,1-2H3/b12-11-. The van der Waals surface area contributed by atoms with Crippen LogP contribution in [-0.2, 0) is 20.7 Å². The van der Waals surface area contributed by atoms with Gasteiger partial charge in [0.25, 0.3) is 0 Å². The molecule has 0 aliphatic heterocycles. The molecule has 6 heteroatoms. The molecule has 1 rings (SSSR count). The largest absolute Gasteiger partial charge is 0.465 e. The fraction of sp³-hybridized carbons (Fsp3) is 0.231. The third kappa shape index (κ3) is 3.98. The van der Waals surface area contributed by atoms with E-state index in [0.717, 1.165) is 5.56 Å². The Labute approximate surface area is 121 Å². The maximum absolute atomic E-state index is 11.5. The number of Topliss-reactive ketones (excluding diaryl/α,β-unsaturated/α-hetero) is 1. The first-order valence-corrected chi connectivity index (χ1v) is 6.14. The van der Waals surface area contributed by atoms with Crippen molar-refractivity contribution in [2.24, 2.45) is 5.73 Å². The summed E-state index contributed by atoms with van der Waals surface area (Å²) in [4.78, 5) is 22.9. The van der Waals surface area contributed by atoms with Gasteiger partial charge in [0.1, 0.15) is 5.57 Å². The molecule has 0 aliphatic rings. The van der Waals surface area contributed by atoms with E-state index >= 15 is 0 Å². The molecule has 0 aromatic heterocycles. The van der Waals surface area contributed by atoms with Gasteiger partial charge in [-0.25, -0.2) is 4.79 Å². The van der Waals surface area contributed by atoms with Crippen LogP contribution in [0.2, 0.25) is 10.0 Å². The van der Waals surface area contributed by atoms with Crippen LogP contribution in [0.4, 0.5) is 0 Å². The number of nitrogens with two attached hydrogens (primary N) is 1. The van der Waals surface area contributed by atoms with Crippen molar-refractivity contribution in [1.29, 1.82) is 0 Å². The average molecular weight is 302 g/mol. The summed E-state index contributed by atoms with van der Waals surface area (Å²) < 4.78 is 4.53. The summed E-state index contributed by atoms with van der Waals surface area (Å²) in [6, 6.07) is 4.97. The SMILES string of the molecule is COC(=O)/C(C(C)=O)=C(\N)Cc1ccc(Cl)c(Cl)c1. The van der Waals surface area contributed by atoms with Crippen molar-refractivity contribution in [3.63, 3.8) is 0 Å². The smallest absolute Gasteiger partial charge is 0.343 e. The number of benzene rings is 1. The van der Waals surface area contributed by atoms with Crippen molar-refractivity contribution >= 4 is 35.0 Å². The second-order valence-corrected chi connectivity index (χ2v) is 4.69. The molecule has 0 unspecified atom stereocenters. The number of hydrogen-bond acceptors (Lipinski definition) is 4. The quantitative estimate of drug-likeness (QED) is 0.401. The molecule has 4 nitrogen and oxygen atoms in total. The lowest BCUT2D eigenvalue weighted by Crippen LogP contribution is -2.19. The van der Waals surface area contributed by atoms with Gasteiger partial charge in [0, 0.05) is 12.1 Å². The van der Waals surface area contributed by atoms with Crippen molar-refractivity contribution in [2.75, 3.05) is 7.11 Å². The summed E-state index contributed by atoms with van der Waals surface area (Å²) in [5.74, 6) is -1.19. The Bertz CT molecular complexity index is 553. The molecule has 0 radical (unpaired) electrons. The van der Waals surface area contributed by atoms with Crippen LogP contribution in [0.5, 0.6) is 0 Å². The number of carbonyl (C=O) groups excluding carboxylic acids is 2. The minimum Gasteiger partial charge on any atom is -0.465 e. The number of ether oxygens (including phenoxy) is 1. The number of rotatable bonds is 4. The van der Waals surface area contributed by atoms with Crippen LogP contribution >= 0.6 is 23.2 Å². The molecule has 0 saturated heterocycles. The molecule has 2 N–H and O–H groups in total. The molecule has 0 spiro atoms. The predicted molar refractivity (Wildman–Crippen MR) is 74.1 cm³/mol. The number of esters is 1. The molecule has 0 fully saturated rings. The number of methoxy groups -OCH3 is 1. The third-order valence-electron chi connectivity index (χ3n) is 2.44. The topological polar surface area (TPSA) is 69.4 Å². The van der Waals surface area contributed by atoms with E-state index in [1.165, 1.54) is 14.0 Å². The van der Waals surface area contributed by atoms with E-state index in [0.29, 0.717) is 10.0 Å². The Morgan fingerprint density at radius 2 is 1.89 bits per heavy atom. The Morgan fingerprint density at radius 1 is 1.26 bits per heavy atom. The number of ketones is 1. The van der Waals surface area contributed by atoms with Crippen molar-refractivity contribution < 1.29 is 14.3 Å². The van der Waals surface area contributed by atoms with Gasteiger partial charge < -0.3 is 10.5 Å². The van der Waals surface area contributed by atoms with E-state index in [9.17, 15) is 9.59 Å². The van der Waals surface area contributed by atoms with Crippen LogP contribution in [-0.4, -0.2) is 18.9 Å². The second kappa shape index (κ2) is 6.59. The van der Waals surface area contributed by atoms with Gasteiger partial charge in [-0.1, -0.05) is 29.3 Å². The van der Waals surface area contributed by atoms with E-state index in [1.807, 2.05) is 0 Å². The summed E-state index contributed by atoms with van der Waals surface area (Å²) >= 11 is 11.7. The number of carbonyl (C=O) groups is 2. The minimum atomic E-state index is -0.745. The fourth-order valence-electron chi connectivity index (χ4n) is 1.56. The number of hydrogen-bond donors (Lipinski definition) is 1. The highest BCUT2D eigenvalue weighted by molar-refractivity contribution is 6.42. The molecule has 19 heavy (non-hydrogen) atoms. The fourth-order valence-corrected chi connectivity index (χ4v) is 1.88. The molecule has 1 aromatic carbocycles. The second-order valence-electron chi connectivity index (χ2n) is 3.87. The molecule has 0 heterocycles. The van der Waals surface area contributed by atoms with E-state index < -0.39 is 11.8 Å². The summed E-state index contributed by atoms with van der Waals surface area (Å²) in [7, 11) is 1.19. The molecule has 0 saturated carbocycles. The molecule has 0 atom stereocenters. The Morgan fingerprint density at radius 3 is 2.37 bits per heavy atom. The Balaban J connectivity index is 3.09. The number of halogens is 2. The lowest BCUT2D eigenvalue weighted by molar-refractivity contribution is -0.137. The molecule has 102 valence electrons. The summed E-state index contributed by atoms with van der Waals surface area (Å²) in [5, 5.41) is 0.808. The van der Waals surface area contributed by atoms with Crippen LogP contribution in [0.15, 0.2) is 29.5 Å². The normalized spacial score (nSPS) is 11.8. The molecule has 0 amide bonds. The van der Waals surface area contributed by atoms with Gasteiger partial charge in [-0.15, -0.1) is 0 Å². The molecule has 0 bridgehead atoms. The lowest BCUT2D eigenvalue weighted by atomic mass is 10.0. The highest BCUT2D eigenvalue weighted by Gasteiger charge is 2.19. The maximum Gasteiger partial charge on any atom is 0.343 e. The molecule has 0 aliphatic carbocycles. The van der Waals surface area contributed by atoms with Crippen LogP contribution in [0.1, 0.15) is 12.5 Å². The van der Waals surface area contributed by atoms with Gasteiger partial charge in [0.15, 0.2) is 5.78 Å². The lowest BCUT2D eigenvalue weighted by Gasteiger charge is -2.08. The highest BCUT2D eigenvalue weighted by Crippen LogP contribution is 2.23. The maximum atomic E-state index is 11.5. The monoisotopic (exact) mass is 301 g/mol. The van der Waals surface area contributed by atoms with E-state index in [2.05, 4.69) is 4.74 Å². The van der Waals surface area contributed by atoms with Gasteiger partial charge in [-0.05, 0) is 24.6 Å². The Hall–Kier alpha value is -1.52. The minimum absolute atomic E-state index is 0.137. The predicted octanol–water partition coefficient (Wildman–Crippen LogP) is 2.51. The average Bonchev–Trinajstić information content (AvgIpc) is 2.33. The van der Waals surface area contributed by atoms with Crippen molar-refractivity contribution in [2.45, 2.75) is 13.3 Å². The van der Waals surface area contributed by atoms with E-state index in [-0.39, 0.29) is 17.7 Å². The van der Waals surface area contributed by atoms with Crippen LogP contribution in [0.3, 0.4) is 0 Å². The summed E-state index contributed by atoms with van der Waals surface area (Å²) in [6.07, 6.45) is 0.209. The Kier molecular flexibility index (Phi) is 5.39. The van der Waals surface area contributed by atoms with E-state index in [4.69, 9.17) is 28.9 Å². The third-order valence-corrected chi connectivity index (χ3v) is 3.18. The highest BCUT2D eigenvalue weighted by atomic mass is 35.5. The molecular weight excluding hydrogens is 289 g/mol. The van der Waals surface area contributed by atoms with E-state index in [1.54, 1.807) is 18.2 Å². The van der Waals surface area contributed by atoms with Crippen molar-refractivity contribution in [3.8, 4) is 0 Å². The van der Waals surface area contributed by atoms with Crippen LogP contribution < -0.4 is 5.73 Å². The first-order chi connectivity index (χ1) is 8.86. The first kappa shape index (κ1) is 15.5. The molecule has 1 aromatic rings. The number of allylic oxidation sites excluding steroid dienone is 1. The molecular formula is C13H13Cl2NO3. The van der Waals surface area contributed by atoms with Crippen LogP contribution in [0.25, 0.3) is 0 Å². The van der Waals surface area contributed by atoms with Crippen molar-refractivity contribution in [3.05, 3.63) is 45.1 Å². The zero-order valence-corrected chi connectivity index (χ0v) is 12.0. The van der Waals surface area contributed by atoms with Gasteiger partial charge in [0.2, 0.25) is 0 Å².